The van der Waals surface area contributed by atoms with Crippen molar-refractivity contribution in [3.63, 3.8) is 0 Å². The number of anilines is 1. The lowest BCUT2D eigenvalue weighted by molar-refractivity contribution is -0.110. The SMILES string of the molecule is O=C(Nc1ccccc1)C(=S)Nn1c(O)c(/C=C2\C=Nc3ccccc32)sc1=S. The summed E-state index contributed by atoms with van der Waals surface area (Å²) >= 11 is 11.7. The molecule has 0 bridgehead atoms. The highest BCUT2D eigenvalue weighted by molar-refractivity contribution is 7.82. The van der Waals surface area contributed by atoms with Gasteiger partial charge in [-0.25, -0.2) is 4.68 Å². The number of thiazole rings is 1. The second-order valence-corrected chi connectivity index (χ2v) is 8.11. The number of carbonyl (C=O) groups excluding carboxylic acids is 1. The highest BCUT2D eigenvalue weighted by Gasteiger charge is 2.17. The van der Waals surface area contributed by atoms with Crippen molar-refractivity contribution in [2.24, 2.45) is 4.99 Å². The van der Waals surface area contributed by atoms with Gasteiger partial charge in [-0.05, 0) is 36.5 Å². The molecule has 144 valence electrons. The van der Waals surface area contributed by atoms with Gasteiger partial charge >= 0.3 is 0 Å². The third kappa shape index (κ3) is 4.02. The van der Waals surface area contributed by atoms with Crippen LogP contribution in [0.15, 0.2) is 59.6 Å². The van der Waals surface area contributed by atoms with Gasteiger partial charge in [-0.1, -0.05) is 60.0 Å². The largest absolute Gasteiger partial charge is 0.492 e. The molecule has 0 fully saturated rings. The van der Waals surface area contributed by atoms with Crippen molar-refractivity contribution in [1.82, 2.24) is 4.68 Å². The molecule has 2 aromatic carbocycles. The average molecular weight is 439 g/mol. The number of nitrogens with one attached hydrogen (secondary N) is 2. The van der Waals surface area contributed by atoms with E-state index in [2.05, 4.69) is 15.7 Å². The minimum absolute atomic E-state index is 0.120. The Morgan fingerprint density at radius 3 is 2.66 bits per heavy atom. The second-order valence-electron chi connectivity index (χ2n) is 6.03. The fourth-order valence-electron chi connectivity index (χ4n) is 2.73. The number of thiocarbonyl (C=S) groups is 1. The summed E-state index contributed by atoms with van der Waals surface area (Å²) in [6.45, 7) is 0. The molecule has 2 heterocycles. The maximum atomic E-state index is 12.3. The molecule has 3 aromatic rings. The number of hydrogen-bond donors (Lipinski definition) is 3. The molecule has 0 unspecified atom stereocenters. The number of rotatable bonds is 3. The zero-order chi connectivity index (χ0) is 20.4. The van der Waals surface area contributed by atoms with Crippen LogP contribution in [0.4, 0.5) is 11.4 Å². The second kappa shape index (κ2) is 8.08. The summed E-state index contributed by atoms with van der Waals surface area (Å²) in [7, 11) is 0. The molecule has 0 atom stereocenters. The van der Waals surface area contributed by atoms with Crippen LogP contribution in [-0.4, -0.2) is 26.9 Å². The summed E-state index contributed by atoms with van der Waals surface area (Å²) in [6, 6.07) is 16.7. The number of nitrogens with zero attached hydrogens (tertiary/aromatic N) is 2. The first-order chi connectivity index (χ1) is 14.0. The number of carbonyl (C=O) groups is 1. The number of amides is 1. The van der Waals surface area contributed by atoms with E-state index in [0.717, 1.165) is 16.8 Å². The molecular weight excluding hydrogens is 424 g/mol. The maximum absolute atomic E-state index is 12.3. The number of fused-ring (bicyclic) bond motifs is 1. The monoisotopic (exact) mass is 438 g/mol. The van der Waals surface area contributed by atoms with Crippen LogP contribution in [0.25, 0.3) is 11.6 Å². The Labute approximate surface area is 180 Å². The molecule has 4 rings (SSSR count). The molecule has 1 aromatic heterocycles. The third-order valence-electron chi connectivity index (χ3n) is 4.11. The molecule has 9 heteroatoms. The van der Waals surface area contributed by atoms with Gasteiger partial charge in [0.05, 0.1) is 10.6 Å². The number of aliphatic imine (C=N–C) groups is 1. The third-order valence-corrected chi connectivity index (χ3v) is 5.69. The normalized spacial score (nSPS) is 13.3. The molecule has 0 radical (unpaired) electrons. The molecule has 6 nitrogen and oxygen atoms in total. The molecule has 0 aliphatic carbocycles. The van der Waals surface area contributed by atoms with Gasteiger partial charge in [0, 0.05) is 23.0 Å². The van der Waals surface area contributed by atoms with Gasteiger partial charge in [0.15, 0.2) is 8.94 Å². The van der Waals surface area contributed by atoms with Crippen molar-refractivity contribution in [1.29, 1.82) is 0 Å². The molecule has 3 N–H and O–H groups in total. The summed E-state index contributed by atoms with van der Waals surface area (Å²) in [4.78, 5) is 17.1. The summed E-state index contributed by atoms with van der Waals surface area (Å²) in [5.41, 5.74) is 6.02. The van der Waals surface area contributed by atoms with Crippen LogP contribution in [0.2, 0.25) is 0 Å². The number of para-hydroxylation sites is 2. The van der Waals surface area contributed by atoms with Crippen molar-refractivity contribution in [3.05, 3.63) is 69.0 Å². The Morgan fingerprint density at radius 2 is 1.86 bits per heavy atom. The van der Waals surface area contributed by atoms with E-state index >= 15 is 0 Å². The van der Waals surface area contributed by atoms with Gasteiger partial charge in [-0.15, -0.1) is 0 Å². The van der Waals surface area contributed by atoms with E-state index in [1.54, 1.807) is 36.6 Å². The van der Waals surface area contributed by atoms with Crippen LogP contribution in [0.3, 0.4) is 0 Å². The Hall–Kier alpha value is -3.14. The number of hydrogen-bond acceptors (Lipinski definition) is 6. The van der Waals surface area contributed by atoms with E-state index in [1.165, 1.54) is 16.0 Å². The fraction of sp³-hybridized carbons (Fsp3) is 0. The zero-order valence-electron chi connectivity index (χ0n) is 14.8. The minimum Gasteiger partial charge on any atom is -0.492 e. The topological polar surface area (TPSA) is 78.7 Å². The van der Waals surface area contributed by atoms with Crippen molar-refractivity contribution in [3.8, 4) is 5.88 Å². The Morgan fingerprint density at radius 1 is 1.14 bits per heavy atom. The molecule has 1 aliphatic heterocycles. The van der Waals surface area contributed by atoms with Gasteiger partial charge in [0.2, 0.25) is 5.88 Å². The predicted molar refractivity (Wildman–Crippen MR) is 124 cm³/mol. The summed E-state index contributed by atoms with van der Waals surface area (Å²) in [5.74, 6) is -0.629. The lowest BCUT2D eigenvalue weighted by atomic mass is 10.1. The van der Waals surface area contributed by atoms with Crippen LogP contribution in [0.1, 0.15) is 10.4 Å². The standard InChI is InChI=1S/C20H14N4O2S3/c25-17(22-13-6-2-1-3-7-13)18(27)23-24-19(26)16(29-20(24)28)10-12-11-21-15-9-5-4-8-14(12)15/h1-11,26H,(H,22,25)(H,23,27)/b12-10+. The van der Waals surface area contributed by atoms with Gasteiger partial charge < -0.3 is 10.4 Å². The molecule has 1 amide bonds. The van der Waals surface area contributed by atoms with Gasteiger partial charge in [0.1, 0.15) is 0 Å². The van der Waals surface area contributed by atoms with E-state index in [0.29, 0.717) is 14.5 Å². The zero-order valence-corrected chi connectivity index (χ0v) is 17.3. The van der Waals surface area contributed by atoms with Crippen LogP contribution < -0.4 is 10.7 Å². The first kappa shape index (κ1) is 19.2. The van der Waals surface area contributed by atoms with Crippen molar-refractivity contribution < 1.29 is 9.90 Å². The van der Waals surface area contributed by atoms with E-state index in [9.17, 15) is 9.90 Å². The van der Waals surface area contributed by atoms with Crippen molar-refractivity contribution in [2.75, 3.05) is 10.7 Å². The highest BCUT2D eigenvalue weighted by Crippen LogP contribution is 2.35. The average Bonchev–Trinajstić information content (AvgIpc) is 3.25. The quantitative estimate of drug-likeness (QED) is 0.514. The smallest absolute Gasteiger partial charge is 0.284 e. The van der Waals surface area contributed by atoms with Crippen molar-refractivity contribution >= 4 is 75.9 Å². The van der Waals surface area contributed by atoms with Crippen LogP contribution >= 0.6 is 35.8 Å². The molecule has 0 saturated carbocycles. The molecular formula is C20H14N4O2S3. The molecule has 0 spiro atoms. The Kier molecular flexibility index (Phi) is 5.34. The number of aromatic hydroxyl groups is 1. The first-order valence-electron chi connectivity index (χ1n) is 8.50. The Balaban J connectivity index is 1.55. The maximum Gasteiger partial charge on any atom is 0.284 e. The minimum atomic E-state index is -0.504. The summed E-state index contributed by atoms with van der Waals surface area (Å²) < 4.78 is 1.55. The van der Waals surface area contributed by atoms with Gasteiger partial charge in [0.25, 0.3) is 5.91 Å². The van der Waals surface area contributed by atoms with Gasteiger partial charge in [-0.2, -0.15) is 0 Å². The molecule has 29 heavy (non-hydrogen) atoms. The van der Waals surface area contributed by atoms with Crippen LogP contribution in [0, 0.1) is 3.95 Å². The summed E-state index contributed by atoms with van der Waals surface area (Å²) in [6.07, 6.45) is 3.54. The van der Waals surface area contributed by atoms with Crippen LogP contribution in [0.5, 0.6) is 5.88 Å². The number of allylic oxidation sites excluding steroid dienone is 1. The van der Waals surface area contributed by atoms with E-state index in [-0.39, 0.29) is 10.9 Å². The van der Waals surface area contributed by atoms with E-state index in [1.807, 2.05) is 30.3 Å². The highest BCUT2D eigenvalue weighted by atomic mass is 32.1. The number of benzene rings is 2. The van der Waals surface area contributed by atoms with E-state index < -0.39 is 5.91 Å². The predicted octanol–water partition coefficient (Wildman–Crippen LogP) is 4.75. The lowest BCUT2D eigenvalue weighted by Crippen LogP contribution is -2.32. The fourth-order valence-corrected chi connectivity index (χ4v) is 4.06. The molecule has 0 saturated heterocycles. The van der Waals surface area contributed by atoms with E-state index in [4.69, 9.17) is 24.4 Å². The summed E-state index contributed by atoms with van der Waals surface area (Å²) in [5, 5.41) is 13.3. The number of aromatic nitrogens is 1. The Bertz CT molecular complexity index is 1230. The van der Waals surface area contributed by atoms with Gasteiger partial charge in [-0.3, -0.25) is 15.2 Å². The lowest BCUT2D eigenvalue weighted by Gasteiger charge is -2.10. The van der Waals surface area contributed by atoms with Crippen molar-refractivity contribution in [2.45, 2.75) is 0 Å². The molecule has 1 aliphatic rings. The first-order valence-corrected chi connectivity index (χ1v) is 10.1. The van der Waals surface area contributed by atoms with Crippen LogP contribution in [-0.2, 0) is 4.79 Å².